The summed E-state index contributed by atoms with van der Waals surface area (Å²) in [5.41, 5.74) is 3.37. The fraction of sp³-hybridized carbons (Fsp3) is 0.150. The lowest BCUT2D eigenvalue weighted by Crippen LogP contribution is -2.41. The average molecular weight is 408 g/mol. The maximum Gasteiger partial charge on any atom is 0.273 e. The van der Waals surface area contributed by atoms with Crippen LogP contribution in [-0.2, 0) is 6.54 Å². The molecular formula is C20H17Cl3N2O. The first-order valence-corrected chi connectivity index (χ1v) is 9.17. The maximum absolute atomic E-state index is 13.2. The maximum atomic E-state index is 13.2. The number of rotatable bonds is 4. The highest BCUT2D eigenvalue weighted by Crippen LogP contribution is 2.24. The molecule has 0 saturated heterocycles. The van der Waals surface area contributed by atoms with E-state index >= 15 is 0 Å². The molecule has 0 fully saturated rings. The van der Waals surface area contributed by atoms with Crippen molar-refractivity contribution in [1.29, 1.82) is 0 Å². The van der Waals surface area contributed by atoms with Gasteiger partial charge in [-0.25, -0.2) is 5.01 Å². The van der Waals surface area contributed by atoms with Crippen molar-refractivity contribution in [3.63, 3.8) is 0 Å². The normalized spacial score (nSPS) is 10.8. The zero-order valence-electron chi connectivity index (χ0n) is 14.3. The third-order valence-corrected chi connectivity index (χ3v) is 5.11. The zero-order valence-corrected chi connectivity index (χ0v) is 16.6. The van der Waals surface area contributed by atoms with Crippen LogP contribution < -0.4 is 5.01 Å². The number of halogens is 3. The van der Waals surface area contributed by atoms with Crippen LogP contribution >= 0.6 is 34.8 Å². The molecule has 0 spiro atoms. The van der Waals surface area contributed by atoms with Crippen LogP contribution in [0.4, 0.5) is 0 Å². The van der Waals surface area contributed by atoms with E-state index < -0.39 is 0 Å². The molecule has 2 aromatic carbocycles. The molecule has 3 rings (SSSR count). The summed E-state index contributed by atoms with van der Waals surface area (Å²) in [6.45, 7) is 4.28. The molecule has 3 aromatic rings. The molecule has 0 bridgehead atoms. The van der Waals surface area contributed by atoms with Crippen molar-refractivity contribution in [3.8, 4) is 0 Å². The molecule has 0 aliphatic rings. The Labute approximate surface area is 167 Å². The smallest absolute Gasteiger partial charge is 0.267 e. The Hall–Kier alpha value is -1.94. The fourth-order valence-corrected chi connectivity index (χ4v) is 3.27. The van der Waals surface area contributed by atoms with Gasteiger partial charge in [-0.1, -0.05) is 40.9 Å². The van der Waals surface area contributed by atoms with Crippen LogP contribution in [0.25, 0.3) is 0 Å². The molecule has 1 heterocycles. The van der Waals surface area contributed by atoms with Crippen molar-refractivity contribution in [2.75, 3.05) is 5.01 Å². The summed E-state index contributed by atoms with van der Waals surface area (Å²) in [6.07, 6.45) is 0. The Bertz CT molecular complexity index is 929. The minimum absolute atomic E-state index is 0.130. The number of benzene rings is 2. The van der Waals surface area contributed by atoms with E-state index in [-0.39, 0.29) is 5.91 Å². The van der Waals surface area contributed by atoms with Crippen LogP contribution in [0.15, 0.2) is 54.6 Å². The number of hydrogen-bond acceptors (Lipinski definition) is 1. The van der Waals surface area contributed by atoms with Crippen LogP contribution in [0.3, 0.4) is 0 Å². The van der Waals surface area contributed by atoms with Crippen LogP contribution in [0.2, 0.25) is 15.1 Å². The van der Waals surface area contributed by atoms with Gasteiger partial charge in [0, 0.05) is 22.0 Å². The van der Waals surface area contributed by atoms with Crippen molar-refractivity contribution >= 4 is 40.7 Å². The van der Waals surface area contributed by atoms with E-state index in [0.29, 0.717) is 27.2 Å². The average Bonchev–Trinajstić information content (AvgIpc) is 2.94. The molecule has 6 heteroatoms. The van der Waals surface area contributed by atoms with Crippen LogP contribution in [0, 0.1) is 13.8 Å². The van der Waals surface area contributed by atoms with Gasteiger partial charge in [0.05, 0.1) is 16.6 Å². The number of hydrogen-bond donors (Lipinski definition) is 0. The second-order valence-corrected chi connectivity index (χ2v) is 7.30. The first-order valence-electron chi connectivity index (χ1n) is 8.03. The number of carbonyl (C=O) groups is 1. The van der Waals surface area contributed by atoms with Gasteiger partial charge in [0.25, 0.3) is 5.91 Å². The molecular weight excluding hydrogens is 391 g/mol. The first-order chi connectivity index (χ1) is 12.4. The standard InChI is InChI=1S/C20H17Cl3N2O/c1-13-3-4-14(2)25(13)24(12-15-5-10-18(22)19(23)11-15)20(26)16-6-8-17(21)9-7-16/h3-11H,12H2,1-2H3. The van der Waals surface area contributed by atoms with E-state index in [1.54, 1.807) is 41.4 Å². The highest BCUT2D eigenvalue weighted by Gasteiger charge is 2.21. The Morgan fingerprint density at radius 1 is 0.885 bits per heavy atom. The minimum Gasteiger partial charge on any atom is -0.267 e. The molecule has 0 N–H and O–H groups in total. The quantitative estimate of drug-likeness (QED) is 0.517. The number of aryl methyl sites for hydroxylation is 2. The molecule has 0 radical (unpaired) electrons. The lowest BCUT2D eigenvalue weighted by Gasteiger charge is -2.27. The molecule has 134 valence electrons. The van der Waals surface area contributed by atoms with Crippen LogP contribution in [-0.4, -0.2) is 10.6 Å². The minimum atomic E-state index is -0.130. The molecule has 0 saturated carbocycles. The second-order valence-electron chi connectivity index (χ2n) is 6.05. The van der Waals surface area contributed by atoms with Gasteiger partial charge >= 0.3 is 0 Å². The monoisotopic (exact) mass is 406 g/mol. The van der Waals surface area contributed by atoms with Crippen molar-refractivity contribution in [3.05, 3.63) is 92.2 Å². The molecule has 0 unspecified atom stereocenters. The van der Waals surface area contributed by atoms with Gasteiger partial charge < -0.3 is 0 Å². The number of amides is 1. The Kier molecular flexibility index (Phi) is 5.61. The SMILES string of the molecule is Cc1ccc(C)n1N(Cc1ccc(Cl)c(Cl)c1)C(=O)c1ccc(Cl)cc1. The Morgan fingerprint density at radius 2 is 1.50 bits per heavy atom. The fourth-order valence-electron chi connectivity index (χ4n) is 2.83. The second kappa shape index (κ2) is 7.75. The summed E-state index contributed by atoms with van der Waals surface area (Å²) < 4.78 is 1.90. The van der Waals surface area contributed by atoms with Crippen molar-refractivity contribution < 1.29 is 4.79 Å². The van der Waals surface area contributed by atoms with Crippen molar-refractivity contribution in [2.24, 2.45) is 0 Å². The van der Waals surface area contributed by atoms with Crippen molar-refractivity contribution in [2.45, 2.75) is 20.4 Å². The summed E-state index contributed by atoms with van der Waals surface area (Å²) in [7, 11) is 0. The first kappa shape index (κ1) is 18.8. The number of nitrogens with zero attached hydrogens (tertiary/aromatic N) is 2. The topological polar surface area (TPSA) is 25.2 Å². The summed E-state index contributed by atoms with van der Waals surface area (Å²) in [4.78, 5) is 13.2. The largest absolute Gasteiger partial charge is 0.273 e. The number of aromatic nitrogens is 1. The molecule has 26 heavy (non-hydrogen) atoms. The summed E-state index contributed by atoms with van der Waals surface area (Å²) in [5, 5.41) is 3.22. The van der Waals surface area contributed by atoms with E-state index in [1.165, 1.54) is 0 Å². The van der Waals surface area contributed by atoms with E-state index in [4.69, 9.17) is 34.8 Å². The molecule has 3 nitrogen and oxygen atoms in total. The third-order valence-electron chi connectivity index (χ3n) is 4.12. The van der Waals surface area contributed by atoms with E-state index in [2.05, 4.69) is 0 Å². The molecule has 0 atom stereocenters. The van der Waals surface area contributed by atoms with Gasteiger partial charge in [0.15, 0.2) is 0 Å². The molecule has 1 aromatic heterocycles. The van der Waals surface area contributed by atoms with Gasteiger partial charge in [0.2, 0.25) is 0 Å². The lowest BCUT2D eigenvalue weighted by molar-refractivity contribution is 0.0954. The summed E-state index contributed by atoms with van der Waals surface area (Å²) >= 11 is 18.1. The van der Waals surface area contributed by atoms with E-state index in [0.717, 1.165) is 17.0 Å². The predicted octanol–water partition coefficient (Wildman–Crippen LogP) is 6.04. The third kappa shape index (κ3) is 3.90. The molecule has 0 aliphatic carbocycles. The van der Waals surface area contributed by atoms with Gasteiger partial charge in [0.1, 0.15) is 0 Å². The molecule has 0 aliphatic heterocycles. The predicted molar refractivity (Wildman–Crippen MR) is 108 cm³/mol. The van der Waals surface area contributed by atoms with Crippen LogP contribution in [0.5, 0.6) is 0 Å². The Morgan fingerprint density at radius 3 is 2.08 bits per heavy atom. The Balaban J connectivity index is 2.03. The number of carbonyl (C=O) groups excluding carboxylic acids is 1. The van der Waals surface area contributed by atoms with Gasteiger partial charge in [-0.3, -0.25) is 9.47 Å². The summed E-state index contributed by atoms with van der Waals surface area (Å²) in [5.74, 6) is -0.130. The van der Waals surface area contributed by atoms with E-state index in [1.807, 2.05) is 36.7 Å². The molecule has 1 amide bonds. The van der Waals surface area contributed by atoms with E-state index in [9.17, 15) is 4.79 Å². The van der Waals surface area contributed by atoms with Crippen LogP contribution in [0.1, 0.15) is 27.3 Å². The zero-order chi connectivity index (χ0) is 18.8. The van der Waals surface area contributed by atoms with Gasteiger partial charge in [-0.2, -0.15) is 0 Å². The van der Waals surface area contributed by atoms with Crippen molar-refractivity contribution in [1.82, 2.24) is 4.68 Å². The van der Waals surface area contributed by atoms with Gasteiger partial charge in [-0.05, 0) is 67.9 Å². The lowest BCUT2D eigenvalue weighted by atomic mass is 10.2. The highest BCUT2D eigenvalue weighted by molar-refractivity contribution is 6.42. The van der Waals surface area contributed by atoms with Gasteiger partial charge in [-0.15, -0.1) is 0 Å². The summed E-state index contributed by atoms with van der Waals surface area (Å²) in [6, 6.07) is 16.2. The highest BCUT2D eigenvalue weighted by atomic mass is 35.5.